The predicted octanol–water partition coefficient (Wildman–Crippen LogP) is 2.08. The van der Waals surface area contributed by atoms with Gasteiger partial charge in [0.05, 0.1) is 0 Å². The van der Waals surface area contributed by atoms with E-state index in [0.717, 1.165) is 25.9 Å². The summed E-state index contributed by atoms with van der Waals surface area (Å²) in [7, 11) is 2.08. The van der Waals surface area contributed by atoms with E-state index < -0.39 is 0 Å². The van der Waals surface area contributed by atoms with E-state index in [1.807, 2.05) is 12.1 Å². The molecule has 2 rings (SSSR count). The topological polar surface area (TPSA) is 74.1 Å². The fraction of sp³-hybridized carbons (Fsp3) is 0.333. The van der Waals surface area contributed by atoms with Crippen LogP contribution in [-0.2, 0) is 16.5 Å². The summed E-state index contributed by atoms with van der Waals surface area (Å²) in [6, 6.07) is 13.8. The zero-order valence-electron chi connectivity index (χ0n) is 15.5. The average Bonchev–Trinajstić information content (AvgIpc) is 2.64. The Morgan fingerprint density at radius 1 is 0.778 bits per heavy atom. The van der Waals surface area contributed by atoms with Crippen LogP contribution in [0.25, 0.3) is 0 Å². The molecule has 0 saturated carbocycles. The van der Waals surface area contributed by atoms with E-state index in [0.29, 0.717) is 24.2 Å². The predicted molar refractivity (Wildman–Crippen MR) is 103 cm³/mol. The first-order valence-corrected chi connectivity index (χ1v) is 8.87. The maximum absolute atomic E-state index is 11.5. The second-order valence-corrected chi connectivity index (χ2v) is 6.16. The molecule has 2 aromatic carbocycles. The molecule has 0 bridgehead atoms. The van der Waals surface area contributed by atoms with Crippen LogP contribution in [0.5, 0.6) is 11.5 Å². The molecule has 0 unspecified atom stereocenters. The van der Waals surface area contributed by atoms with Crippen LogP contribution in [0.15, 0.2) is 58.5 Å². The summed E-state index contributed by atoms with van der Waals surface area (Å²) in [4.78, 5) is 10.9. The van der Waals surface area contributed by atoms with E-state index in [1.54, 1.807) is 48.8 Å². The Bertz CT molecular complexity index is 673. The molecule has 0 atom stereocenters. The van der Waals surface area contributed by atoms with Crippen molar-refractivity contribution in [2.75, 3.05) is 33.2 Å². The van der Waals surface area contributed by atoms with Crippen molar-refractivity contribution in [1.82, 2.24) is 4.90 Å². The molecule has 0 aliphatic carbocycles. The third-order valence-corrected chi connectivity index (χ3v) is 3.95. The molecule has 0 aromatic heterocycles. The molecule has 0 fully saturated rings. The molecule has 27 heavy (non-hydrogen) atoms. The van der Waals surface area contributed by atoms with Gasteiger partial charge in [-0.05, 0) is 44.1 Å². The van der Waals surface area contributed by atoms with E-state index in [-0.39, 0.29) is 28.0 Å². The second kappa shape index (κ2) is 13.1. The Morgan fingerprint density at radius 3 is 1.59 bits per heavy atom. The van der Waals surface area contributed by atoms with Crippen molar-refractivity contribution in [2.24, 2.45) is 9.98 Å². The Balaban J connectivity index is 0.00000364. The molecule has 2 aromatic rings. The molecule has 0 amide bonds. The van der Waals surface area contributed by atoms with Gasteiger partial charge < -0.3 is 15.1 Å². The van der Waals surface area contributed by atoms with Gasteiger partial charge in [-0.2, -0.15) is 0 Å². The van der Waals surface area contributed by atoms with Gasteiger partial charge in [-0.25, -0.2) is 0 Å². The molecule has 0 heterocycles. The van der Waals surface area contributed by atoms with Crippen LogP contribution >= 0.6 is 0 Å². The Hall–Kier alpha value is -2.17. The number of hydrogen-bond acceptors (Lipinski definition) is 5. The van der Waals surface area contributed by atoms with Gasteiger partial charge in [0.2, 0.25) is 0 Å². The Morgan fingerprint density at radius 2 is 1.19 bits per heavy atom. The van der Waals surface area contributed by atoms with Gasteiger partial charge in [-0.1, -0.05) is 48.5 Å². The van der Waals surface area contributed by atoms with Crippen LogP contribution in [0, 0.1) is 0 Å². The van der Waals surface area contributed by atoms with E-state index >= 15 is 0 Å². The minimum Gasteiger partial charge on any atom is -0.872 e. The molecule has 5 nitrogen and oxygen atoms in total. The smallest absolute Gasteiger partial charge is 0.872 e. The largest absolute Gasteiger partial charge is 2.00 e. The van der Waals surface area contributed by atoms with Crippen LogP contribution in [0.1, 0.15) is 24.0 Å². The number of benzene rings is 2. The first-order chi connectivity index (χ1) is 12.7. The molecular formula is C21H25N3NiO2. The fourth-order valence-electron chi connectivity index (χ4n) is 2.48. The summed E-state index contributed by atoms with van der Waals surface area (Å²) < 4.78 is 0. The third kappa shape index (κ3) is 8.85. The van der Waals surface area contributed by atoms with Gasteiger partial charge in [-0.15, -0.1) is 11.5 Å². The van der Waals surface area contributed by atoms with E-state index in [2.05, 4.69) is 21.9 Å². The van der Waals surface area contributed by atoms with Crippen LogP contribution in [0.2, 0.25) is 0 Å². The quantitative estimate of drug-likeness (QED) is 0.342. The molecule has 0 aliphatic rings. The summed E-state index contributed by atoms with van der Waals surface area (Å²) in [5.41, 5.74) is 1.27. The zero-order chi connectivity index (χ0) is 18.6. The van der Waals surface area contributed by atoms with Gasteiger partial charge in [0.15, 0.2) is 0 Å². The van der Waals surface area contributed by atoms with Gasteiger partial charge in [0.25, 0.3) is 0 Å². The second-order valence-electron chi connectivity index (χ2n) is 6.16. The molecule has 0 N–H and O–H groups in total. The molecular weight excluding hydrogens is 385 g/mol. The number of rotatable bonds is 10. The van der Waals surface area contributed by atoms with Crippen molar-refractivity contribution < 1.29 is 26.7 Å². The molecule has 6 heteroatoms. The van der Waals surface area contributed by atoms with E-state index in [1.165, 1.54) is 0 Å². The summed E-state index contributed by atoms with van der Waals surface area (Å²) in [5, 5.41) is 23.1. The molecule has 146 valence electrons. The van der Waals surface area contributed by atoms with Crippen molar-refractivity contribution in [3.63, 3.8) is 0 Å². The minimum atomic E-state index is 0. The standard InChI is InChI=1S/C21H27N3O2.Ni/c1-24(14-6-12-22-16-18-8-2-4-10-20(18)25)15-7-13-23-17-19-9-3-5-11-21(19)26;/h2-5,8-11,16-17,25-26H,6-7,12-15H2,1H3;/q;+2/p-2. The molecule has 0 aliphatic heterocycles. The molecule has 0 spiro atoms. The SMILES string of the molecule is CN(CCCN=Cc1ccccc1[O-])CCCN=Cc1ccccc1[O-].[Ni+2]. The number of nitrogens with zero attached hydrogens (tertiary/aromatic N) is 3. The van der Waals surface area contributed by atoms with E-state index in [9.17, 15) is 10.2 Å². The summed E-state index contributed by atoms with van der Waals surface area (Å²) in [5.74, 6) is 0.0158. The van der Waals surface area contributed by atoms with Crippen LogP contribution in [-0.4, -0.2) is 50.6 Å². The maximum atomic E-state index is 11.5. The van der Waals surface area contributed by atoms with E-state index in [4.69, 9.17) is 0 Å². The Labute approximate surface area is 171 Å². The van der Waals surface area contributed by atoms with Crippen molar-refractivity contribution in [3.05, 3.63) is 59.7 Å². The average molecular weight is 410 g/mol. The third-order valence-electron chi connectivity index (χ3n) is 3.95. The minimum absolute atomic E-state index is 0. The number of aliphatic imine (C=N–C) groups is 2. The van der Waals surface area contributed by atoms with Gasteiger partial charge in [0, 0.05) is 25.5 Å². The van der Waals surface area contributed by atoms with Crippen molar-refractivity contribution in [2.45, 2.75) is 12.8 Å². The normalized spacial score (nSPS) is 11.3. The van der Waals surface area contributed by atoms with Gasteiger partial charge in [0.1, 0.15) is 0 Å². The number of para-hydroxylation sites is 2. The van der Waals surface area contributed by atoms with Crippen molar-refractivity contribution in [3.8, 4) is 11.5 Å². The van der Waals surface area contributed by atoms with Gasteiger partial charge in [-0.3, -0.25) is 9.98 Å². The monoisotopic (exact) mass is 409 g/mol. The fourth-order valence-corrected chi connectivity index (χ4v) is 2.48. The van der Waals surface area contributed by atoms with Crippen molar-refractivity contribution in [1.29, 1.82) is 0 Å². The molecule has 0 radical (unpaired) electrons. The number of hydrogen-bond donors (Lipinski definition) is 0. The first kappa shape index (κ1) is 22.9. The summed E-state index contributed by atoms with van der Waals surface area (Å²) in [6.07, 6.45) is 5.21. The first-order valence-electron chi connectivity index (χ1n) is 8.87. The zero-order valence-corrected chi connectivity index (χ0v) is 16.5. The van der Waals surface area contributed by atoms with Crippen LogP contribution in [0.4, 0.5) is 0 Å². The molecule has 0 saturated heterocycles. The maximum Gasteiger partial charge on any atom is 2.00 e. The van der Waals surface area contributed by atoms with Crippen molar-refractivity contribution >= 4 is 12.4 Å². The summed E-state index contributed by atoms with van der Waals surface area (Å²) >= 11 is 0. The Kier molecular flexibility index (Phi) is 11.1. The summed E-state index contributed by atoms with van der Waals surface area (Å²) in [6.45, 7) is 3.31. The van der Waals surface area contributed by atoms with Crippen LogP contribution < -0.4 is 10.2 Å². The van der Waals surface area contributed by atoms with Crippen LogP contribution in [0.3, 0.4) is 0 Å². The van der Waals surface area contributed by atoms with Gasteiger partial charge >= 0.3 is 16.5 Å².